The zero-order valence-electron chi connectivity index (χ0n) is 17.4. The van der Waals surface area contributed by atoms with Crippen molar-refractivity contribution in [3.05, 3.63) is 88.6 Å². The predicted octanol–water partition coefficient (Wildman–Crippen LogP) is 6.42. The first-order valence-corrected chi connectivity index (χ1v) is 12.0. The predicted molar refractivity (Wildman–Crippen MR) is 123 cm³/mol. The average molecular weight is 509 g/mol. The van der Waals surface area contributed by atoms with Crippen LogP contribution in [0.5, 0.6) is 0 Å². The zero-order chi connectivity index (χ0) is 24.7. The fourth-order valence-corrected chi connectivity index (χ4v) is 5.51. The Balaban J connectivity index is 1.64. The summed E-state index contributed by atoms with van der Waals surface area (Å²) >= 11 is 1.03. The molecule has 0 bridgehead atoms. The molecule has 0 aliphatic heterocycles. The number of halogens is 4. The number of thiophene rings is 1. The van der Waals surface area contributed by atoms with Crippen LogP contribution in [0.15, 0.2) is 71.6 Å². The van der Waals surface area contributed by atoms with E-state index < -0.39 is 33.5 Å². The van der Waals surface area contributed by atoms with Crippen molar-refractivity contribution in [1.82, 2.24) is 0 Å². The van der Waals surface area contributed by atoms with Crippen molar-refractivity contribution < 1.29 is 30.8 Å². The number of anilines is 2. The minimum absolute atomic E-state index is 0.0400. The third kappa shape index (κ3) is 4.75. The summed E-state index contributed by atoms with van der Waals surface area (Å²) in [5.41, 5.74) is -0.273. The minimum atomic E-state index is -4.51. The van der Waals surface area contributed by atoms with Crippen molar-refractivity contribution in [3.63, 3.8) is 0 Å². The molecule has 0 radical (unpaired) electrons. The Bertz CT molecular complexity index is 1510. The molecule has 0 atom stereocenters. The molecule has 0 saturated heterocycles. The molecular weight excluding hydrogens is 492 g/mol. The normalized spacial score (nSPS) is 12.0. The largest absolute Gasteiger partial charge is 0.416 e. The summed E-state index contributed by atoms with van der Waals surface area (Å²) in [7, 11) is -4.15. The highest BCUT2D eigenvalue weighted by Crippen LogP contribution is 2.37. The van der Waals surface area contributed by atoms with Gasteiger partial charge in [-0.2, -0.15) is 13.2 Å². The van der Waals surface area contributed by atoms with Crippen LogP contribution in [0.1, 0.15) is 20.8 Å². The number of carbonyl (C=O) groups is 1. The fraction of sp³-hybridized carbons (Fsp3) is 0.0870. The highest BCUT2D eigenvalue weighted by Gasteiger charge is 2.31. The van der Waals surface area contributed by atoms with Crippen LogP contribution < -0.4 is 10.0 Å². The molecule has 4 rings (SSSR count). The van der Waals surface area contributed by atoms with Gasteiger partial charge in [-0.25, -0.2) is 12.8 Å². The number of amides is 1. The van der Waals surface area contributed by atoms with Crippen LogP contribution in [-0.4, -0.2) is 14.3 Å². The molecule has 1 aromatic heterocycles. The third-order valence-corrected chi connectivity index (χ3v) is 7.63. The van der Waals surface area contributed by atoms with Crippen LogP contribution in [0, 0.1) is 12.7 Å². The highest BCUT2D eigenvalue weighted by molar-refractivity contribution is 7.92. The number of aryl methyl sites for hydroxylation is 1. The summed E-state index contributed by atoms with van der Waals surface area (Å²) in [5.74, 6) is -1.33. The second kappa shape index (κ2) is 8.73. The number of fused-ring (bicyclic) bond motifs is 1. The number of nitrogens with one attached hydrogen (secondary N) is 2. The van der Waals surface area contributed by atoms with E-state index in [-0.39, 0.29) is 21.1 Å². The van der Waals surface area contributed by atoms with Gasteiger partial charge in [0.2, 0.25) is 0 Å². The fourth-order valence-electron chi connectivity index (χ4n) is 3.31. The molecule has 34 heavy (non-hydrogen) atoms. The first-order valence-electron chi connectivity index (χ1n) is 9.75. The molecule has 11 heteroatoms. The second-order valence-corrected chi connectivity index (χ2v) is 10.1. The van der Waals surface area contributed by atoms with E-state index in [0.29, 0.717) is 15.6 Å². The van der Waals surface area contributed by atoms with Gasteiger partial charge in [0.25, 0.3) is 15.9 Å². The van der Waals surface area contributed by atoms with E-state index in [1.807, 2.05) is 0 Å². The number of hydrogen-bond donors (Lipinski definition) is 2. The van der Waals surface area contributed by atoms with Crippen LogP contribution in [0.4, 0.5) is 28.9 Å². The molecule has 2 N–H and O–H groups in total. The van der Waals surface area contributed by atoms with Gasteiger partial charge in [0, 0.05) is 4.70 Å². The molecule has 0 saturated carbocycles. The van der Waals surface area contributed by atoms with Gasteiger partial charge < -0.3 is 5.32 Å². The van der Waals surface area contributed by atoms with Gasteiger partial charge in [-0.3, -0.25) is 9.52 Å². The average Bonchev–Trinajstić information content (AvgIpc) is 3.10. The molecule has 0 fully saturated rings. The van der Waals surface area contributed by atoms with E-state index in [1.165, 1.54) is 30.3 Å². The number of carbonyl (C=O) groups excluding carboxylic acids is 1. The van der Waals surface area contributed by atoms with E-state index in [2.05, 4.69) is 10.0 Å². The van der Waals surface area contributed by atoms with E-state index in [0.717, 1.165) is 35.6 Å². The number of para-hydroxylation sites is 2. The molecule has 176 valence electrons. The molecule has 0 aliphatic carbocycles. The Kier molecular flexibility index (Phi) is 6.09. The summed E-state index contributed by atoms with van der Waals surface area (Å²) in [5, 5.41) is 2.92. The Morgan fingerprint density at radius 2 is 1.65 bits per heavy atom. The van der Waals surface area contributed by atoms with Crippen LogP contribution in [0.25, 0.3) is 10.1 Å². The first-order chi connectivity index (χ1) is 16.0. The van der Waals surface area contributed by atoms with Crippen molar-refractivity contribution in [2.75, 3.05) is 10.0 Å². The molecule has 1 amide bonds. The van der Waals surface area contributed by atoms with Crippen LogP contribution >= 0.6 is 11.3 Å². The maximum absolute atomic E-state index is 13.5. The molecule has 4 aromatic rings. The number of sulfonamides is 1. The topological polar surface area (TPSA) is 75.3 Å². The van der Waals surface area contributed by atoms with Crippen molar-refractivity contribution >= 4 is 48.7 Å². The zero-order valence-corrected chi connectivity index (χ0v) is 19.0. The van der Waals surface area contributed by atoms with Crippen molar-refractivity contribution in [2.45, 2.75) is 18.0 Å². The number of benzene rings is 3. The third-order valence-electron chi connectivity index (χ3n) is 5.00. The lowest BCUT2D eigenvalue weighted by Gasteiger charge is -2.13. The highest BCUT2D eigenvalue weighted by atomic mass is 32.2. The van der Waals surface area contributed by atoms with E-state index >= 15 is 0 Å². The maximum atomic E-state index is 13.5. The van der Waals surface area contributed by atoms with E-state index in [9.17, 15) is 30.8 Å². The summed E-state index contributed by atoms with van der Waals surface area (Å²) in [6.45, 7) is 1.55. The molecule has 0 unspecified atom stereocenters. The summed E-state index contributed by atoms with van der Waals surface area (Å²) in [4.78, 5) is 12.9. The molecule has 0 spiro atoms. The lowest BCUT2D eigenvalue weighted by molar-refractivity contribution is -0.137. The van der Waals surface area contributed by atoms with E-state index in [1.54, 1.807) is 19.1 Å². The lowest BCUT2D eigenvalue weighted by Crippen LogP contribution is -2.17. The SMILES string of the molecule is Cc1c(C(=O)Nc2ccccc2NS(=O)(=O)c2cccc(F)c2)sc2ccc(C(F)(F)F)cc12. The molecular formula is C23H16F4N2O3S2. The van der Waals surface area contributed by atoms with Crippen molar-refractivity contribution in [2.24, 2.45) is 0 Å². The lowest BCUT2D eigenvalue weighted by atomic mass is 10.1. The summed E-state index contributed by atoms with van der Waals surface area (Å²) < 4.78 is 80.9. The maximum Gasteiger partial charge on any atom is 0.416 e. The van der Waals surface area contributed by atoms with Gasteiger partial charge >= 0.3 is 6.18 Å². The van der Waals surface area contributed by atoms with Crippen LogP contribution in [0.2, 0.25) is 0 Å². The van der Waals surface area contributed by atoms with Gasteiger partial charge in [-0.1, -0.05) is 18.2 Å². The van der Waals surface area contributed by atoms with Gasteiger partial charge in [-0.05, 0) is 66.4 Å². The van der Waals surface area contributed by atoms with Crippen LogP contribution in [-0.2, 0) is 16.2 Å². The Hall–Kier alpha value is -3.44. The van der Waals surface area contributed by atoms with E-state index in [4.69, 9.17) is 0 Å². The molecule has 0 aliphatic rings. The van der Waals surface area contributed by atoms with Gasteiger partial charge in [-0.15, -0.1) is 11.3 Å². The Morgan fingerprint density at radius 1 is 0.941 bits per heavy atom. The molecule has 3 aromatic carbocycles. The molecule has 5 nitrogen and oxygen atoms in total. The van der Waals surface area contributed by atoms with Gasteiger partial charge in [0.05, 0.1) is 26.7 Å². The van der Waals surface area contributed by atoms with Gasteiger partial charge in [0.1, 0.15) is 5.82 Å². The Morgan fingerprint density at radius 3 is 2.32 bits per heavy atom. The van der Waals surface area contributed by atoms with Crippen LogP contribution in [0.3, 0.4) is 0 Å². The van der Waals surface area contributed by atoms with Crippen molar-refractivity contribution in [3.8, 4) is 0 Å². The second-order valence-electron chi connectivity index (χ2n) is 7.33. The number of alkyl halides is 3. The molecule has 1 heterocycles. The summed E-state index contributed by atoms with van der Waals surface area (Å²) in [6.07, 6.45) is -4.51. The van der Waals surface area contributed by atoms with Crippen molar-refractivity contribution in [1.29, 1.82) is 0 Å². The smallest absolute Gasteiger partial charge is 0.319 e. The Labute approximate surface area is 196 Å². The number of rotatable bonds is 5. The standard InChI is InChI=1S/C23H16F4N2O3S2/c1-13-17-11-14(23(25,26)27)9-10-20(17)33-21(13)22(30)28-18-7-2-3-8-19(18)29-34(31,32)16-6-4-5-15(24)12-16/h2-12,29H,1H3,(H,28,30). The first kappa shape index (κ1) is 23.7. The monoisotopic (exact) mass is 508 g/mol. The quantitative estimate of drug-likeness (QED) is 0.306. The summed E-state index contributed by atoms with van der Waals surface area (Å²) in [6, 6.07) is 13.7. The number of hydrogen-bond acceptors (Lipinski definition) is 4. The minimum Gasteiger partial charge on any atom is -0.319 e. The van der Waals surface area contributed by atoms with Gasteiger partial charge in [0.15, 0.2) is 0 Å².